The Morgan fingerprint density at radius 1 is 1.48 bits per heavy atom. The summed E-state index contributed by atoms with van der Waals surface area (Å²) in [6.07, 6.45) is 0.967. The van der Waals surface area contributed by atoms with E-state index in [1.54, 1.807) is 25.2 Å². The van der Waals surface area contributed by atoms with Gasteiger partial charge in [-0.2, -0.15) is 4.80 Å². The summed E-state index contributed by atoms with van der Waals surface area (Å²) in [4.78, 5) is 13.5. The number of nitrogens with zero attached hydrogens (tertiary/aromatic N) is 4. The molecule has 0 bridgehead atoms. The van der Waals surface area contributed by atoms with Crippen molar-refractivity contribution in [3.63, 3.8) is 0 Å². The van der Waals surface area contributed by atoms with Crippen LogP contribution in [0.3, 0.4) is 0 Å². The summed E-state index contributed by atoms with van der Waals surface area (Å²) in [6, 6.07) is 6.92. The fourth-order valence-electron chi connectivity index (χ4n) is 1.67. The SMILES string of the molecule is CC[C@@H](C)Oc1cccc(C(=O)NC(=S)Nc2nnn(C)n2)c1. The molecule has 0 aliphatic heterocycles. The smallest absolute Gasteiger partial charge is 0.269 e. The number of benzene rings is 1. The summed E-state index contributed by atoms with van der Waals surface area (Å²) in [5, 5.41) is 16.6. The summed E-state index contributed by atoms with van der Waals surface area (Å²) < 4.78 is 5.70. The van der Waals surface area contributed by atoms with Crippen LogP contribution in [0, 0.1) is 0 Å². The molecule has 0 radical (unpaired) electrons. The summed E-state index contributed by atoms with van der Waals surface area (Å²) >= 11 is 5.05. The monoisotopic (exact) mass is 334 g/mol. The highest BCUT2D eigenvalue weighted by Gasteiger charge is 2.11. The van der Waals surface area contributed by atoms with E-state index in [4.69, 9.17) is 17.0 Å². The lowest BCUT2D eigenvalue weighted by molar-refractivity contribution is 0.0977. The van der Waals surface area contributed by atoms with E-state index in [1.165, 1.54) is 4.80 Å². The molecule has 0 aliphatic rings. The van der Waals surface area contributed by atoms with Gasteiger partial charge in [-0.25, -0.2) is 0 Å². The number of thiocarbonyl (C=S) groups is 1. The van der Waals surface area contributed by atoms with Crippen LogP contribution >= 0.6 is 12.2 Å². The maximum absolute atomic E-state index is 12.2. The Bertz CT molecular complexity index is 702. The molecule has 9 heteroatoms. The molecule has 1 aromatic heterocycles. The van der Waals surface area contributed by atoms with Crippen molar-refractivity contribution in [3.8, 4) is 5.75 Å². The molecule has 0 spiro atoms. The molecule has 1 atom stereocenters. The predicted octanol–water partition coefficient (Wildman–Crippen LogP) is 1.51. The minimum absolute atomic E-state index is 0.0822. The van der Waals surface area contributed by atoms with Crippen LogP contribution in [0.15, 0.2) is 24.3 Å². The van der Waals surface area contributed by atoms with Crippen LogP contribution in [0.4, 0.5) is 5.95 Å². The van der Waals surface area contributed by atoms with Crippen LogP contribution in [0.2, 0.25) is 0 Å². The normalized spacial score (nSPS) is 11.6. The molecule has 0 fully saturated rings. The number of hydrogen-bond acceptors (Lipinski definition) is 6. The minimum atomic E-state index is -0.346. The number of amides is 1. The van der Waals surface area contributed by atoms with Crippen molar-refractivity contribution < 1.29 is 9.53 Å². The van der Waals surface area contributed by atoms with Crippen LogP contribution in [-0.4, -0.2) is 37.3 Å². The number of hydrogen-bond donors (Lipinski definition) is 2. The molecule has 1 aromatic carbocycles. The molecule has 8 nitrogen and oxygen atoms in total. The zero-order valence-corrected chi connectivity index (χ0v) is 13.9. The van der Waals surface area contributed by atoms with Crippen molar-refractivity contribution in [1.82, 2.24) is 25.5 Å². The third-order valence-corrected chi connectivity index (χ3v) is 3.17. The number of carbonyl (C=O) groups is 1. The van der Waals surface area contributed by atoms with Gasteiger partial charge in [0, 0.05) is 5.56 Å². The van der Waals surface area contributed by atoms with E-state index in [0.717, 1.165) is 6.42 Å². The molecule has 0 unspecified atom stereocenters. The standard InChI is InChI=1S/C14H18N6O2S/c1-4-9(2)22-11-7-5-6-10(8-11)12(21)15-14(23)16-13-17-19-20(3)18-13/h5-9H,4H2,1-3H3,(H2,15,16,18,21,23)/t9-/m1/s1. The second-order valence-corrected chi connectivity index (χ2v) is 5.28. The van der Waals surface area contributed by atoms with Gasteiger partial charge in [0.25, 0.3) is 11.9 Å². The highest BCUT2D eigenvalue weighted by Crippen LogP contribution is 2.15. The first-order valence-corrected chi connectivity index (χ1v) is 7.51. The molecular weight excluding hydrogens is 316 g/mol. The summed E-state index contributed by atoms with van der Waals surface area (Å²) in [5.41, 5.74) is 0.446. The van der Waals surface area contributed by atoms with Crippen LogP contribution in [0.5, 0.6) is 5.75 Å². The molecule has 23 heavy (non-hydrogen) atoms. The second-order valence-electron chi connectivity index (χ2n) is 4.88. The van der Waals surface area contributed by atoms with E-state index in [0.29, 0.717) is 11.3 Å². The second kappa shape index (κ2) is 7.63. The number of tetrazole rings is 1. The fourth-order valence-corrected chi connectivity index (χ4v) is 1.85. The summed E-state index contributed by atoms with van der Waals surface area (Å²) in [6.45, 7) is 4.01. The molecule has 1 amide bonds. The zero-order chi connectivity index (χ0) is 16.8. The summed E-state index contributed by atoms with van der Waals surface area (Å²) in [5.74, 6) is 0.508. The van der Waals surface area contributed by atoms with Crippen molar-refractivity contribution in [1.29, 1.82) is 0 Å². The van der Waals surface area contributed by atoms with Crippen molar-refractivity contribution >= 4 is 29.2 Å². The Labute approximate surface area is 139 Å². The third-order valence-electron chi connectivity index (χ3n) is 2.97. The van der Waals surface area contributed by atoms with E-state index in [1.807, 2.05) is 19.9 Å². The molecule has 0 aliphatic carbocycles. The number of ether oxygens (including phenoxy) is 1. The number of aryl methyl sites for hydroxylation is 1. The third kappa shape index (κ3) is 4.99. The average molecular weight is 334 g/mol. The molecular formula is C14H18N6O2S. The van der Waals surface area contributed by atoms with E-state index in [2.05, 4.69) is 26.0 Å². The van der Waals surface area contributed by atoms with Gasteiger partial charge in [0.2, 0.25) is 0 Å². The van der Waals surface area contributed by atoms with Crippen LogP contribution in [-0.2, 0) is 7.05 Å². The van der Waals surface area contributed by atoms with Crippen molar-refractivity contribution in [2.24, 2.45) is 7.05 Å². The van der Waals surface area contributed by atoms with Crippen molar-refractivity contribution in [2.75, 3.05) is 5.32 Å². The van der Waals surface area contributed by atoms with Gasteiger partial charge in [0.1, 0.15) is 5.75 Å². The molecule has 0 saturated carbocycles. The van der Waals surface area contributed by atoms with Crippen LogP contribution in [0.25, 0.3) is 0 Å². The highest BCUT2D eigenvalue weighted by molar-refractivity contribution is 7.80. The first kappa shape index (κ1) is 16.8. The van der Waals surface area contributed by atoms with Gasteiger partial charge < -0.3 is 4.74 Å². The maximum atomic E-state index is 12.2. The zero-order valence-electron chi connectivity index (χ0n) is 13.1. The average Bonchev–Trinajstić information content (AvgIpc) is 2.92. The van der Waals surface area contributed by atoms with E-state index >= 15 is 0 Å². The molecule has 2 aromatic rings. The van der Waals surface area contributed by atoms with Gasteiger partial charge >= 0.3 is 0 Å². The largest absolute Gasteiger partial charge is 0.491 e. The Kier molecular flexibility index (Phi) is 5.58. The van der Waals surface area contributed by atoms with Gasteiger partial charge in [-0.1, -0.05) is 18.1 Å². The number of carbonyl (C=O) groups excluding carboxylic acids is 1. The van der Waals surface area contributed by atoms with Gasteiger partial charge in [-0.15, -0.1) is 5.10 Å². The Morgan fingerprint density at radius 3 is 2.91 bits per heavy atom. The fraction of sp³-hybridized carbons (Fsp3) is 0.357. The van der Waals surface area contributed by atoms with E-state index in [9.17, 15) is 4.79 Å². The van der Waals surface area contributed by atoms with Crippen molar-refractivity contribution in [3.05, 3.63) is 29.8 Å². The van der Waals surface area contributed by atoms with E-state index in [-0.39, 0.29) is 23.1 Å². The maximum Gasteiger partial charge on any atom is 0.269 e. The van der Waals surface area contributed by atoms with Gasteiger partial charge in [-0.05, 0) is 49.0 Å². The Balaban J connectivity index is 1.97. The number of rotatable bonds is 5. The molecule has 122 valence electrons. The first-order chi connectivity index (χ1) is 11.0. The number of anilines is 1. The lowest BCUT2D eigenvalue weighted by atomic mass is 10.2. The Hall–Kier alpha value is -2.55. The quantitative estimate of drug-likeness (QED) is 0.801. The van der Waals surface area contributed by atoms with Gasteiger partial charge in [0.05, 0.1) is 13.2 Å². The number of nitrogens with one attached hydrogen (secondary N) is 2. The molecule has 1 heterocycles. The van der Waals surface area contributed by atoms with Crippen LogP contribution < -0.4 is 15.4 Å². The predicted molar refractivity (Wildman–Crippen MR) is 89.3 cm³/mol. The van der Waals surface area contributed by atoms with Crippen LogP contribution in [0.1, 0.15) is 30.6 Å². The lowest BCUT2D eigenvalue weighted by Crippen LogP contribution is -2.34. The molecule has 2 N–H and O–H groups in total. The first-order valence-electron chi connectivity index (χ1n) is 7.11. The minimum Gasteiger partial charge on any atom is -0.491 e. The van der Waals surface area contributed by atoms with Crippen molar-refractivity contribution in [2.45, 2.75) is 26.4 Å². The topological polar surface area (TPSA) is 94.0 Å². The van der Waals surface area contributed by atoms with Gasteiger partial charge in [-0.3, -0.25) is 15.4 Å². The van der Waals surface area contributed by atoms with E-state index < -0.39 is 0 Å². The number of aromatic nitrogens is 4. The molecule has 0 saturated heterocycles. The molecule has 2 rings (SSSR count). The Morgan fingerprint density at radius 2 is 2.26 bits per heavy atom. The summed E-state index contributed by atoms with van der Waals surface area (Å²) in [7, 11) is 1.63. The highest BCUT2D eigenvalue weighted by atomic mass is 32.1. The van der Waals surface area contributed by atoms with Gasteiger partial charge in [0.15, 0.2) is 5.11 Å². The lowest BCUT2D eigenvalue weighted by Gasteiger charge is -2.13.